The van der Waals surface area contributed by atoms with Gasteiger partial charge in [-0.05, 0) is 26.3 Å². The molecule has 154 valence electrons. The molecule has 1 aliphatic heterocycles. The van der Waals surface area contributed by atoms with Crippen molar-refractivity contribution in [1.82, 2.24) is 9.80 Å². The van der Waals surface area contributed by atoms with Crippen molar-refractivity contribution in [3.63, 3.8) is 0 Å². The van der Waals surface area contributed by atoms with Gasteiger partial charge in [0.25, 0.3) is 0 Å². The SMILES string of the molecule is COC(=O)C1CN(CC(=O)OCc2ccccc2)CCN1C(=O)OC(C)(C)C. The van der Waals surface area contributed by atoms with E-state index in [-0.39, 0.29) is 26.2 Å². The van der Waals surface area contributed by atoms with Crippen molar-refractivity contribution >= 4 is 18.0 Å². The van der Waals surface area contributed by atoms with Crippen LogP contribution in [0.15, 0.2) is 30.3 Å². The van der Waals surface area contributed by atoms with Crippen LogP contribution in [0.3, 0.4) is 0 Å². The quantitative estimate of drug-likeness (QED) is 0.558. The molecule has 0 aliphatic carbocycles. The molecule has 1 fully saturated rings. The van der Waals surface area contributed by atoms with Gasteiger partial charge in [-0.25, -0.2) is 9.59 Å². The summed E-state index contributed by atoms with van der Waals surface area (Å²) < 4.78 is 15.5. The van der Waals surface area contributed by atoms with E-state index >= 15 is 0 Å². The zero-order valence-corrected chi connectivity index (χ0v) is 16.8. The van der Waals surface area contributed by atoms with Crippen LogP contribution in [-0.2, 0) is 30.4 Å². The summed E-state index contributed by atoms with van der Waals surface area (Å²) in [5.74, 6) is -0.939. The standard InChI is InChI=1S/C20H28N2O6/c1-20(2,3)28-19(25)22-11-10-21(12-16(22)18(24)26-4)13-17(23)27-14-15-8-6-5-7-9-15/h5-9,16H,10-14H2,1-4H3. The van der Waals surface area contributed by atoms with Crippen LogP contribution in [0.25, 0.3) is 0 Å². The van der Waals surface area contributed by atoms with Crippen LogP contribution >= 0.6 is 0 Å². The molecule has 0 bridgehead atoms. The van der Waals surface area contributed by atoms with E-state index in [1.807, 2.05) is 30.3 Å². The molecule has 1 saturated heterocycles. The summed E-state index contributed by atoms with van der Waals surface area (Å²) in [6.45, 7) is 6.35. The number of benzene rings is 1. The third-order valence-corrected chi connectivity index (χ3v) is 4.16. The summed E-state index contributed by atoms with van der Waals surface area (Å²) >= 11 is 0. The molecule has 1 aromatic rings. The second-order valence-electron chi connectivity index (χ2n) is 7.59. The van der Waals surface area contributed by atoms with Gasteiger partial charge in [0, 0.05) is 19.6 Å². The number of carbonyl (C=O) groups is 3. The second kappa shape index (κ2) is 9.54. The molecule has 0 saturated carbocycles. The Morgan fingerprint density at radius 3 is 2.39 bits per heavy atom. The van der Waals surface area contributed by atoms with Crippen LogP contribution < -0.4 is 0 Å². The Kier molecular flexibility index (Phi) is 7.39. The van der Waals surface area contributed by atoms with E-state index in [1.165, 1.54) is 12.0 Å². The molecule has 0 N–H and O–H groups in total. The van der Waals surface area contributed by atoms with E-state index in [2.05, 4.69) is 0 Å². The zero-order chi connectivity index (χ0) is 20.7. The number of methoxy groups -OCH3 is 1. The van der Waals surface area contributed by atoms with Gasteiger partial charge in [-0.1, -0.05) is 30.3 Å². The fraction of sp³-hybridized carbons (Fsp3) is 0.550. The fourth-order valence-corrected chi connectivity index (χ4v) is 2.83. The van der Waals surface area contributed by atoms with E-state index in [1.54, 1.807) is 25.7 Å². The zero-order valence-electron chi connectivity index (χ0n) is 16.8. The number of amides is 1. The molecule has 0 radical (unpaired) electrons. The topological polar surface area (TPSA) is 85.4 Å². The van der Waals surface area contributed by atoms with Crippen molar-refractivity contribution in [2.45, 2.75) is 39.0 Å². The minimum absolute atomic E-state index is 0.0302. The predicted molar refractivity (Wildman–Crippen MR) is 101 cm³/mol. The van der Waals surface area contributed by atoms with Gasteiger partial charge < -0.3 is 14.2 Å². The van der Waals surface area contributed by atoms with Crippen LogP contribution in [0, 0.1) is 0 Å². The summed E-state index contributed by atoms with van der Waals surface area (Å²) in [7, 11) is 1.27. The Morgan fingerprint density at radius 1 is 1.11 bits per heavy atom. The Morgan fingerprint density at radius 2 is 1.79 bits per heavy atom. The minimum Gasteiger partial charge on any atom is -0.467 e. The van der Waals surface area contributed by atoms with Gasteiger partial charge in [-0.2, -0.15) is 0 Å². The van der Waals surface area contributed by atoms with Crippen LogP contribution in [0.1, 0.15) is 26.3 Å². The van der Waals surface area contributed by atoms with Gasteiger partial charge in [-0.15, -0.1) is 0 Å². The maximum Gasteiger partial charge on any atom is 0.411 e. The number of carbonyl (C=O) groups excluding carboxylic acids is 3. The molecule has 28 heavy (non-hydrogen) atoms. The third-order valence-electron chi connectivity index (χ3n) is 4.16. The molecule has 1 amide bonds. The fourth-order valence-electron chi connectivity index (χ4n) is 2.83. The first-order valence-corrected chi connectivity index (χ1v) is 9.19. The van der Waals surface area contributed by atoms with E-state index < -0.39 is 29.7 Å². The Bertz CT molecular complexity index is 686. The molecule has 1 aromatic carbocycles. The number of hydrogen-bond acceptors (Lipinski definition) is 7. The lowest BCUT2D eigenvalue weighted by Crippen LogP contribution is -2.59. The average molecular weight is 392 g/mol. The molecule has 0 spiro atoms. The van der Waals surface area contributed by atoms with Crippen LogP contribution in [0.2, 0.25) is 0 Å². The van der Waals surface area contributed by atoms with Crippen LogP contribution in [0.4, 0.5) is 4.79 Å². The monoisotopic (exact) mass is 392 g/mol. The third kappa shape index (κ3) is 6.53. The summed E-state index contributed by atoms with van der Waals surface area (Å²) in [5.41, 5.74) is 0.230. The first-order valence-electron chi connectivity index (χ1n) is 9.19. The van der Waals surface area contributed by atoms with Gasteiger partial charge >= 0.3 is 18.0 Å². The molecular formula is C20H28N2O6. The van der Waals surface area contributed by atoms with Crippen molar-refractivity contribution in [1.29, 1.82) is 0 Å². The van der Waals surface area contributed by atoms with Gasteiger partial charge in [0.05, 0.1) is 13.7 Å². The number of piperazine rings is 1. The summed E-state index contributed by atoms with van der Waals surface area (Å²) in [6.07, 6.45) is -0.575. The average Bonchev–Trinajstić information content (AvgIpc) is 2.65. The number of nitrogens with zero attached hydrogens (tertiary/aromatic N) is 2. The van der Waals surface area contributed by atoms with Crippen LogP contribution in [0.5, 0.6) is 0 Å². The van der Waals surface area contributed by atoms with Gasteiger partial charge in [0.15, 0.2) is 0 Å². The molecule has 8 heteroatoms. The predicted octanol–water partition coefficient (Wildman–Crippen LogP) is 1.82. The highest BCUT2D eigenvalue weighted by atomic mass is 16.6. The lowest BCUT2D eigenvalue weighted by Gasteiger charge is -2.39. The Labute approximate surface area is 165 Å². The smallest absolute Gasteiger partial charge is 0.411 e. The Balaban J connectivity index is 1.93. The first-order chi connectivity index (χ1) is 13.2. The highest BCUT2D eigenvalue weighted by Gasteiger charge is 2.38. The molecule has 8 nitrogen and oxygen atoms in total. The molecule has 1 aliphatic rings. The summed E-state index contributed by atoms with van der Waals surface area (Å²) in [4.78, 5) is 39.9. The number of esters is 2. The largest absolute Gasteiger partial charge is 0.467 e. The highest BCUT2D eigenvalue weighted by Crippen LogP contribution is 2.17. The maximum absolute atomic E-state index is 12.4. The molecule has 0 aromatic heterocycles. The van der Waals surface area contributed by atoms with Crippen molar-refractivity contribution in [3.05, 3.63) is 35.9 Å². The number of ether oxygens (including phenoxy) is 3. The van der Waals surface area contributed by atoms with Gasteiger partial charge in [-0.3, -0.25) is 14.6 Å². The molecule has 1 unspecified atom stereocenters. The van der Waals surface area contributed by atoms with E-state index in [9.17, 15) is 14.4 Å². The van der Waals surface area contributed by atoms with E-state index in [0.29, 0.717) is 6.54 Å². The highest BCUT2D eigenvalue weighted by molar-refractivity contribution is 5.82. The normalized spacial score (nSPS) is 17.7. The van der Waals surface area contributed by atoms with E-state index in [4.69, 9.17) is 14.2 Å². The summed E-state index contributed by atoms with van der Waals surface area (Å²) in [5, 5.41) is 0. The minimum atomic E-state index is -0.837. The number of rotatable bonds is 5. The molecular weight excluding hydrogens is 364 g/mol. The van der Waals surface area contributed by atoms with E-state index in [0.717, 1.165) is 5.56 Å². The molecule has 1 heterocycles. The summed E-state index contributed by atoms with van der Waals surface area (Å²) in [6, 6.07) is 8.55. The Hall–Kier alpha value is -2.61. The van der Waals surface area contributed by atoms with Crippen molar-refractivity contribution in [2.75, 3.05) is 33.3 Å². The molecule has 1 atom stereocenters. The van der Waals surface area contributed by atoms with Crippen LogP contribution in [-0.4, -0.2) is 72.8 Å². The van der Waals surface area contributed by atoms with Crippen molar-refractivity contribution in [3.8, 4) is 0 Å². The van der Waals surface area contributed by atoms with Gasteiger partial charge in [0.2, 0.25) is 0 Å². The lowest BCUT2D eigenvalue weighted by atomic mass is 10.1. The van der Waals surface area contributed by atoms with Crippen molar-refractivity contribution < 1.29 is 28.6 Å². The molecule has 2 rings (SSSR count). The number of hydrogen-bond donors (Lipinski definition) is 0. The second-order valence-corrected chi connectivity index (χ2v) is 7.59. The maximum atomic E-state index is 12.4. The van der Waals surface area contributed by atoms with Crippen molar-refractivity contribution in [2.24, 2.45) is 0 Å². The van der Waals surface area contributed by atoms with Gasteiger partial charge in [0.1, 0.15) is 18.2 Å². The first kappa shape index (κ1) is 21.7. The lowest BCUT2D eigenvalue weighted by molar-refractivity contribution is -0.153.